The van der Waals surface area contributed by atoms with Crippen molar-refractivity contribution in [3.63, 3.8) is 0 Å². The van der Waals surface area contributed by atoms with Gasteiger partial charge in [-0.15, -0.1) is 11.8 Å². The summed E-state index contributed by atoms with van der Waals surface area (Å²) < 4.78 is 5.85. The van der Waals surface area contributed by atoms with Gasteiger partial charge in [0.05, 0.1) is 22.0 Å². The van der Waals surface area contributed by atoms with E-state index in [4.69, 9.17) is 4.74 Å². The number of aliphatic hydroxyl groups is 1. The molecule has 2 nitrogen and oxygen atoms in total. The first-order chi connectivity index (χ1) is 5.49. The molecule has 0 bridgehead atoms. The van der Waals surface area contributed by atoms with Gasteiger partial charge in [-0.3, -0.25) is 0 Å². The number of rotatable bonds is 5. The molecule has 1 fully saturated rings. The maximum atomic E-state index is 9.35. The number of hydrogen-bond donors (Lipinski definition) is 2. The molecule has 0 amide bonds. The van der Waals surface area contributed by atoms with E-state index in [1.165, 1.54) is 0 Å². The van der Waals surface area contributed by atoms with E-state index in [-0.39, 0.29) is 0 Å². The zero-order chi connectivity index (χ0) is 9.19. The Kier molecular flexibility index (Phi) is 3.76. The molecule has 2 unspecified atom stereocenters. The summed E-state index contributed by atoms with van der Waals surface area (Å²) in [6.45, 7) is 5.00. The summed E-state index contributed by atoms with van der Waals surface area (Å²) in [5, 5.41) is 9.93. The topological polar surface area (TPSA) is 29.5 Å². The Morgan fingerprint density at radius 1 is 1.58 bits per heavy atom. The Morgan fingerprint density at radius 3 is 2.58 bits per heavy atom. The lowest BCUT2D eigenvalue weighted by Gasteiger charge is -2.16. The van der Waals surface area contributed by atoms with Crippen molar-refractivity contribution in [1.29, 1.82) is 0 Å². The maximum Gasteiger partial charge on any atom is 0.0617 e. The monoisotopic (exact) mass is 208 g/mol. The summed E-state index contributed by atoms with van der Waals surface area (Å²) >= 11 is 6.09. The zero-order valence-electron chi connectivity index (χ0n) is 7.49. The highest BCUT2D eigenvalue weighted by molar-refractivity contribution is 8.18. The minimum atomic E-state index is -0.600. The Labute approximate surface area is 83.5 Å². The van der Waals surface area contributed by atoms with Crippen LogP contribution in [0.15, 0.2) is 0 Å². The lowest BCUT2D eigenvalue weighted by atomic mass is 10.1. The van der Waals surface area contributed by atoms with E-state index in [2.05, 4.69) is 12.6 Å². The van der Waals surface area contributed by atoms with Crippen LogP contribution in [0, 0.1) is 0 Å². The quantitative estimate of drug-likeness (QED) is 0.408. The van der Waals surface area contributed by atoms with Crippen molar-refractivity contribution < 1.29 is 9.84 Å². The molecule has 1 rings (SSSR count). The van der Waals surface area contributed by atoms with Crippen LogP contribution in [0.2, 0.25) is 0 Å². The van der Waals surface area contributed by atoms with Crippen molar-refractivity contribution in [3.05, 3.63) is 0 Å². The molecular weight excluding hydrogens is 192 g/mol. The fourth-order valence-electron chi connectivity index (χ4n) is 0.777. The van der Waals surface area contributed by atoms with Crippen LogP contribution in [0.4, 0.5) is 0 Å². The van der Waals surface area contributed by atoms with Crippen LogP contribution in [-0.4, -0.2) is 33.8 Å². The van der Waals surface area contributed by atoms with E-state index in [0.29, 0.717) is 22.9 Å². The summed E-state index contributed by atoms with van der Waals surface area (Å²) in [6, 6.07) is 0. The third-order valence-corrected chi connectivity index (χ3v) is 3.67. The van der Waals surface area contributed by atoms with Crippen molar-refractivity contribution in [3.8, 4) is 0 Å². The van der Waals surface area contributed by atoms with Gasteiger partial charge in [-0.05, 0) is 20.3 Å². The van der Waals surface area contributed by atoms with Gasteiger partial charge in [0.25, 0.3) is 0 Å². The van der Waals surface area contributed by atoms with E-state index in [1.807, 2.05) is 11.8 Å². The fourth-order valence-corrected chi connectivity index (χ4v) is 1.85. The number of thiol groups is 1. The SMILES string of the molecule is CC(C)(O)CCOCC1SC1S. The van der Waals surface area contributed by atoms with Crippen molar-refractivity contribution in [2.45, 2.75) is 35.7 Å². The predicted octanol–water partition coefficient (Wildman–Crippen LogP) is 1.54. The fraction of sp³-hybridized carbons (Fsp3) is 1.00. The zero-order valence-corrected chi connectivity index (χ0v) is 9.20. The summed E-state index contributed by atoms with van der Waals surface area (Å²) in [6.07, 6.45) is 0.696. The highest BCUT2D eigenvalue weighted by Gasteiger charge is 2.34. The lowest BCUT2D eigenvalue weighted by Crippen LogP contribution is -2.21. The van der Waals surface area contributed by atoms with Gasteiger partial charge in [-0.1, -0.05) is 0 Å². The molecule has 1 saturated heterocycles. The average Bonchev–Trinajstić information content (AvgIpc) is 2.57. The largest absolute Gasteiger partial charge is 0.390 e. The van der Waals surface area contributed by atoms with Crippen LogP contribution >= 0.6 is 24.4 Å². The van der Waals surface area contributed by atoms with Gasteiger partial charge in [-0.2, -0.15) is 12.6 Å². The van der Waals surface area contributed by atoms with Crippen LogP contribution in [0.1, 0.15) is 20.3 Å². The summed E-state index contributed by atoms with van der Waals surface area (Å²) in [5.74, 6) is 0. The molecule has 72 valence electrons. The van der Waals surface area contributed by atoms with E-state index in [1.54, 1.807) is 13.8 Å². The first kappa shape index (κ1) is 10.7. The molecule has 0 aromatic heterocycles. The second-order valence-electron chi connectivity index (χ2n) is 3.70. The summed E-state index contributed by atoms with van der Waals surface area (Å²) in [7, 11) is 0. The van der Waals surface area contributed by atoms with Gasteiger partial charge in [0.1, 0.15) is 0 Å². The number of hydrogen-bond acceptors (Lipinski definition) is 4. The molecule has 1 N–H and O–H groups in total. The molecule has 2 atom stereocenters. The van der Waals surface area contributed by atoms with Gasteiger partial charge >= 0.3 is 0 Å². The Bertz CT molecular complexity index is 144. The van der Waals surface area contributed by atoms with Gasteiger partial charge < -0.3 is 9.84 Å². The van der Waals surface area contributed by atoms with E-state index in [0.717, 1.165) is 6.61 Å². The molecular formula is C8H16O2S2. The van der Waals surface area contributed by atoms with E-state index < -0.39 is 5.60 Å². The highest BCUT2D eigenvalue weighted by atomic mass is 32.2. The van der Waals surface area contributed by atoms with Crippen molar-refractivity contribution in [2.24, 2.45) is 0 Å². The molecule has 0 aliphatic carbocycles. The second kappa shape index (κ2) is 4.22. The van der Waals surface area contributed by atoms with Gasteiger partial charge in [0.15, 0.2) is 0 Å². The molecule has 0 saturated carbocycles. The third-order valence-electron chi connectivity index (χ3n) is 1.70. The number of ether oxygens (including phenoxy) is 1. The lowest BCUT2D eigenvalue weighted by molar-refractivity contribution is 0.0300. The number of thioether (sulfide) groups is 1. The minimum Gasteiger partial charge on any atom is -0.390 e. The molecule has 12 heavy (non-hydrogen) atoms. The van der Waals surface area contributed by atoms with Crippen LogP contribution < -0.4 is 0 Å². The van der Waals surface area contributed by atoms with Crippen LogP contribution in [0.3, 0.4) is 0 Å². The first-order valence-electron chi connectivity index (χ1n) is 4.13. The normalized spacial score (nSPS) is 29.0. The minimum absolute atomic E-state index is 0.479. The predicted molar refractivity (Wildman–Crippen MR) is 55.9 cm³/mol. The molecule has 0 aromatic carbocycles. The Balaban J connectivity index is 1.90. The molecule has 0 aromatic rings. The highest BCUT2D eigenvalue weighted by Crippen LogP contribution is 2.43. The van der Waals surface area contributed by atoms with Crippen LogP contribution in [0.5, 0.6) is 0 Å². The molecule has 1 aliphatic heterocycles. The van der Waals surface area contributed by atoms with E-state index >= 15 is 0 Å². The van der Waals surface area contributed by atoms with Crippen LogP contribution in [0.25, 0.3) is 0 Å². The summed E-state index contributed by atoms with van der Waals surface area (Å²) in [4.78, 5) is 0. The van der Waals surface area contributed by atoms with E-state index in [9.17, 15) is 5.11 Å². The smallest absolute Gasteiger partial charge is 0.0617 e. The summed E-state index contributed by atoms with van der Waals surface area (Å²) in [5.41, 5.74) is -0.600. The van der Waals surface area contributed by atoms with Crippen molar-refractivity contribution in [2.75, 3.05) is 13.2 Å². The standard InChI is InChI=1S/C8H16O2S2/c1-8(2,9)3-4-10-5-6-7(11)12-6/h6-7,9,11H,3-5H2,1-2H3. The molecule has 0 radical (unpaired) electrons. The Hall–Kier alpha value is 0.620. The Morgan fingerprint density at radius 2 is 2.17 bits per heavy atom. The molecule has 1 aliphatic rings. The third kappa shape index (κ3) is 4.60. The van der Waals surface area contributed by atoms with Crippen molar-refractivity contribution >= 4 is 24.4 Å². The molecule has 1 heterocycles. The molecule has 0 spiro atoms. The maximum absolute atomic E-state index is 9.35. The molecule has 4 heteroatoms. The average molecular weight is 208 g/mol. The van der Waals surface area contributed by atoms with Gasteiger partial charge in [0, 0.05) is 6.61 Å². The van der Waals surface area contributed by atoms with Gasteiger partial charge in [-0.25, -0.2) is 0 Å². The second-order valence-corrected chi connectivity index (χ2v) is 5.99. The van der Waals surface area contributed by atoms with Crippen molar-refractivity contribution in [1.82, 2.24) is 0 Å². The van der Waals surface area contributed by atoms with Crippen LogP contribution in [-0.2, 0) is 4.74 Å². The van der Waals surface area contributed by atoms with Gasteiger partial charge in [0.2, 0.25) is 0 Å². The first-order valence-corrected chi connectivity index (χ1v) is 5.58.